The number of hydrogen-bond donors (Lipinski definition) is 6. The normalized spacial score (nSPS) is 16.3. The molecule has 4 aromatic rings. The lowest BCUT2D eigenvalue weighted by Crippen LogP contribution is -2.35. The minimum absolute atomic E-state index is 0.101. The van der Waals surface area contributed by atoms with E-state index >= 15 is 0 Å². The standard InChI is InChI=1S/2C19H21F2IN2O5S/c2*1-24-17(6-11-2-3-12(22)7-14(11)20)16(8-15(21)18(24)27)23-30(28,29)19(4-5-19)9-13(26)10-25/h2*2-3,7-8,13,23,25-26H,4-6,9-10H2,1H3/t2*13-/m10/s1. The van der Waals surface area contributed by atoms with Crippen molar-refractivity contribution in [1.82, 2.24) is 9.13 Å². The zero-order valence-electron chi connectivity index (χ0n) is 32.1. The minimum atomic E-state index is -4.08. The number of aromatic nitrogens is 2. The van der Waals surface area contributed by atoms with Crippen molar-refractivity contribution in [2.75, 3.05) is 22.7 Å². The lowest BCUT2D eigenvalue weighted by atomic mass is 10.1. The summed E-state index contributed by atoms with van der Waals surface area (Å²) < 4.78 is 114. The van der Waals surface area contributed by atoms with Gasteiger partial charge in [-0.25, -0.2) is 34.4 Å². The molecule has 22 heteroatoms. The smallest absolute Gasteiger partial charge is 0.286 e. The summed E-state index contributed by atoms with van der Waals surface area (Å²) in [4.78, 5) is 24.2. The van der Waals surface area contributed by atoms with Crippen LogP contribution in [0.3, 0.4) is 0 Å². The zero-order valence-corrected chi connectivity index (χ0v) is 38.0. The van der Waals surface area contributed by atoms with Gasteiger partial charge in [-0.1, -0.05) is 12.1 Å². The van der Waals surface area contributed by atoms with Crippen LogP contribution in [0.2, 0.25) is 0 Å². The van der Waals surface area contributed by atoms with Gasteiger partial charge >= 0.3 is 0 Å². The first kappa shape index (κ1) is 47.9. The Labute approximate surface area is 370 Å². The Morgan fingerprint density at radius 2 is 0.967 bits per heavy atom. The van der Waals surface area contributed by atoms with Crippen LogP contribution in [0.4, 0.5) is 28.9 Å². The molecule has 2 aliphatic rings. The van der Waals surface area contributed by atoms with Crippen molar-refractivity contribution < 1.29 is 54.8 Å². The quantitative estimate of drug-likeness (QED) is 0.0706. The SMILES string of the molecule is Cn1c(Cc2ccc(I)cc2F)c(NS(=O)(=O)C2(C[C@@H](O)CO)CC2)cc(F)c1=O.Cn1c(Cc2ccc(I)cc2F)c(NS(=O)(=O)C2(C[C@H](O)CO)CC2)cc(F)c1=O. The highest BCUT2D eigenvalue weighted by molar-refractivity contribution is 14.1. The Morgan fingerprint density at radius 3 is 1.25 bits per heavy atom. The van der Waals surface area contributed by atoms with E-state index in [2.05, 4.69) is 9.44 Å². The molecule has 2 aliphatic carbocycles. The van der Waals surface area contributed by atoms with Crippen LogP contribution in [-0.2, 0) is 47.0 Å². The van der Waals surface area contributed by atoms with E-state index < -0.39 is 89.3 Å². The summed E-state index contributed by atoms with van der Waals surface area (Å²) in [5, 5.41) is 37.5. The Morgan fingerprint density at radius 1 is 0.633 bits per heavy atom. The highest BCUT2D eigenvalue weighted by atomic mass is 127. The van der Waals surface area contributed by atoms with Crippen LogP contribution in [0.5, 0.6) is 0 Å². The predicted octanol–water partition coefficient (Wildman–Crippen LogP) is 3.75. The summed E-state index contributed by atoms with van der Waals surface area (Å²) in [6.45, 7) is -1.16. The topological polar surface area (TPSA) is 217 Å². The molecule has 60 heavy (non-hydrogen) atoms. The number of rotatable bonds is 16. The summed E-state index contributed by atoms with van der Waals surface area (Å²) in [5.74, 6) is -3.36. The fourth-order valence-corrected chi connectivity index (χ4v) is 11.1. The number of hydrogen-bond acceptors (Lipinski definition) is 10. The molecule has 0 bridgehead atoms. The molecule has 2 heterocycles. The molecular weight excluding hydrogens is 1070 g/mol. The Balaban J connectivity index is 0.000000228. The maximum atomic E-state index is 14.3. The van der Waals surface area contributed by atoms with Gasteiger partial charge in [-0.3, -0.25) is 19.0 Å². The van der Waals surface area contributed by atoms with Crippen molar-refractivity contribution in [2.45, 2.75) is 73.1 Å². The molecule has 2 saturated carbocycles. The van der Waals surface area contributed by atoms with Crippen LogP contribution in [-0.4, -0.2) is 81.3 Å². The number of aliphatic hydroxyl groups is 4. The molecule has 0 spiro atoms. The lowest BCUT2D eigenvalue weighted by Gasteiger charge is -2.22. The highest BCUT2D eigenvalue weighted by Gasteiger charge is 2.56. The number of aliphatic hydroxyl groups excluding tert-OH is 4. The van der Waals surface area contributed by atoms with E-state index in [1.165, 1.54) is 38.4 Å². The molecule has 0 radical (unpaired) electrons. The molecule has 0 unspecified atom stereocenters. The number of nitrogens with one attached hydrogen (secondary N) is 2. The van der Waals surface area contributed by atoms with Gasteiger partial charge in [0.05, 0.1) is 46.3 Å². The first-order valence-electron chi connectivity index (χ1n) is 18.3. The second-order valence-electron chi connectivity index (χ2n) is 14.9. The number of pyridine rings is 2. The molecule has 2 aromatic heterocycles. The zero-order chi connectivity index (χ0) is 44.5. The van der Waals surface area contributed by atoms with Crippen LogP contribution >= 0.6 is 45.2 Å². The highest BCUT2D eigenvalue weighted by Crippen LogP contribution is 2.49. The van der Waals surface area contributed by atoms with E-state index in [0.29, 0.717) is 7.14 Å². The van der Waals surface area contributed by atoms with E-state index in [1.54, 1.807) is 12.1 Å². The number of nitrogens with zero attached hydrogens (tertiary/aromatic N) is 2. The largest absolute Gasteiger partial charge is 0.394 e. The van der Waals surface area contributed by atoms with Crippen LogP contribution in [0.25, 0.3) is 0 Å². The fourth-order valence-electron chi connectivity index (χ4n) is 6.70. The van der Waals surface area contributed by atoms with Crippen LogP contribution in [0.15, 0.2) is 58.1 Å². The maximum absolute atomic E-state index is 14.3. The van der Waals surface area contributed by atoms with Gasteiger partial charge in [0.15, 0.2) is 11.6 Å². The molecular formula is C38H42F4I2N4O10S2. The van der Waals surface area contributed by atoms with E-state index in [9.17, 15) is 54.2 Å². The van der Waals surface area contributed by atoms with Gasteiger partial charge < -0.3 is 29.6 Å². The lowest BCUT2D eigenvalue weighted by molar-refractivity contribution is 0.0858. The average Bonchev–Trinajstić information content (AvgIpc) is 4.12. The van der Waals surface area contributed by atoms with Crippen molar-refractivity contribution in [1.29, 1.82) is 0 Å². The fraction of sp³-hybridized carbons (Fsp3) is 0.421. The van der Waals surface area contributed by atoms with Gasteiger partial charge in [0.2, 0.25) is 20.0 Å². The van der Waals surface area contributed by atoms with Gasteiger partial charge in [0.1, 0.15) is 11.6 Å². The van der Waals surface area contributed by atoms with Gasteiger partial charge in [-0.2, -0.15) is 0 Å². The third-order valence-corrected chi connectivity index (χ3v) is 16.4. The van der Waals surface area contributed by atoms with Crippen molar-refractivity contribution in [2.24, 2.45) is 14.1 Å². The third-order valence-electron chi connectivity index (χ3n) is 10.6. The van der Waals surface area contributed by atoms with E-state index in [1.807, 2.05) is 45.2 Å². The summed E-state index contributed by atoms with van der Waals surface area (Å²) in [6, 6.07) is 10.6. The van der Waals surface area contributed by atoms with Crippen molar-refractivity contribution in [3.05, 3.63) is 122 Å². The molecule has 6 rings (SSSR count). The second kappa shape index (κ2) is 18.7. The number of benzene rings is 2. The van der Waals surface area contributed by atoms with Crippen molar-refractivity contribution in [3.8, 4) is 0 Å². The van der Waals surface area contributed by atoms with Crippen LogP contribution < -0.4 is 20.6 Å². The Kier molecular flexibility index (Phi) is 14.9. The molecule has 2 fully saturated rings. The molecule has 2 aromatic carbocycles. The van der Waals surface area contributed by atoms with E-state index in [-0.39, 0.29) is 85.3 Å². The predicted molar refractivity (Wildman–Crippen MR) is 232 cm³/mol. The molecule has 0 amide bonds. The Hall–Kier alpha value is -3.14. The monoisotopic (exact) mass is 1110 g/mol. The van der Waals surface area contributed by atoms with Crippen LogP contribution in [0, 0.1) is 30.4 Å². The molecule has 0 aliphatic heterocycles. The summed E-state index contributed by atoms with van der Waals surface area (Å²) >= 11 is 3.89. The first-order valence-corrected chi connectivity index (χ1v) is 23.4. The van der Waals surface area contributed by atoms with Gasteiger partial charge in [0.25, 0.3) is 11.1 Å². The van der Waals surface area contributed by atoms with Gasteiger partial charge in [-0.15, -0.1) is 0 Å². The average molecular weight is 1110 g/mol. The minimum Gasteiger partial charge on any atom is -0.394 e. The molecule has 328 valence electrons. The molecule has 0 saturated heterocycles. The second-order valence-corrected chi connectivity index (χ2v) is 21.6. The van der Waals surface area contributed by atoms with E-state index in [4.69, 9.17) is 10.2 Å². The number of anilines is 2. The molecule has 6 N–H and O–H groups in total. The number of sulfonamides is 2. The summed E-state index contributed by atoms with van der Waals surface area (Å²) in [6.07, 6.45) is -1.95. The van der Waals surface area contributed by atoms with Gasteiger partial charge in [-0.05, 0) is 119 Å². The maximum Gasteiger partial charge on any atom is 0.286 e. The van der Waals surface area contributed by atoms with Gasteiger partial charge in [0, 0.05) is 57.6 Å². The number of halogens is 6. The van der Waals surface area contributed by atoms with E-state index in [0.717, 1.165) is 21.3 Å². The summed E-state index contributed by atoms with van der Waals surface area (Å²) in [5.41, 5.74) is -1.63. The van der Waals surface area contributed by atoms with Crippen molar-refractivity contribution >= 4 is 76.6 Å². The Bertz CT molecular complexity index is 2440. The molecule has 2 atom stereocenters. The molecule has 14 nitrogen and oxygen atoms in total. The summed E-state index contributed by atoms with van der Waals surface area (Å²) in [7, 11) is -5.60. The first-order chi connectivity index (χ1) is 28.0. The van der Waals surface area contributed by atoms with Crippen molar-refractivity contribution in [3.63, 3.8) is 0 Å². The third kappa shape index (κ3) is 10.5. The van der Waals surface area contributed by atoms with Crippen LogP contribution in [0.1, 0.15) is 61.0 Å².